The van der Waals surface area contributed by atoms with Crippen LogP contribution < -0.4 is 0 Å². The molecule has 0 aliphatic heterocycles. The third kappa shape index (κ3) is 5.71. The maximum absolute atomic E-state index is 8.26. The number of hydrogen-bond acceptors (Lipinski definition) is 3. The van der Waals surface area contributed by atoms with Crippen molar-refractivity contribution in [2.45, 2.75) is 13.0 Å². The molecule has 0 spiro atoms. The van der Waals surface area contributed by atoms with Gasteiger partial charge in [-0.3, -0.25) is 0 Å². The van der Waals surface area contributed by atoms with Crippen LogP contribution in [-0.4, -0.2) is 27.7 Å². The molecule has 4 heteroatoms. The third-order valence-corrected chi connectivity index (χ3v) is 1.19. The summed E-state index contributed by atoms with van der Waals surface area (Å²) >= 11 is 0. The molecule has 3 nitrogen and oxygen atoms in total. The van der Waals surface area contributed by atoms with Crippen molar-refractivity contribution in [3.8, 4) is 0 Å². The van der Waals surface area contributed by atoms with Crippen molar-refractivity contribution in [2.24, 2.45) is 0 Å². The van der Waals surface area contributed by atoms with Crippen molar-refractivity contribution in [1.82, 2.24) is 0 Å². The van der Waals surface area contributed by atoms with Gasteiger partial charge in [0.2, 0.25) is 0 Å². The zero-order chi connectivity index (χ0) is 7.11. The second-order valence-electron chi connectivity index (χ2n) is 1.56. The summed E-state index contributed by atoms with van der Waals surface area (Å²) in [7, 11) is -1.30. The second kappa shape index (κ2) is 5.96. The lowest BCUT2D eigenvalue weighted by atomic mass is 10.4. The highest BCUT2D eigenvalue weighted by Crippen LogP contribution is 1.89. The molecule has 0 rings (SSSR count). The minimum atomic E-state index is -1.30. The molecule has 9 heavy (non-hydrogen) atoms. The maximum Gasteiger partial charge on any atom is 0.303 e. The van der Waals surface area contributed by atoms with Gasteiger partial charge in [-0.15, -0.1) is 6.58 Å². The van der Waals surface area contributed by atoms with Crippen LogP contribution >= 0.6 is 0 Å². The van der Waals surface area contributed by atoms with E-state index in [1.54, 1.807) is 6.08 Å². The van der Waals surface area contributed by atoms with Crippen molar-refractivity contribution in [3.05, 3.63) is 12.7 Å². The first-order chi connectivity index (χ1) is 4.31. The van der Waals surface area contributed by atoms with Gasteiger partial charge in [0.25, 0.3) is 0 Å². The number of rotatable bonds is 5. The molecule has 0 amide bonds. The Kier molecular flexibility index (Phi) is 5.86. The van der Waals surface area contributed by atoms with E-state index in [-0.39, 0.29) is 12.9 Å². The minimum absolute atomic E-state index is 0.00514. The number of ether oxygens (including phenoxy) is 1. The van der Waals surface area contributed by atoms with E-state index in [1.807, 2.05) is 6.92 Å². The van der Waals surface area contributed by atoms with Crippen molar-refractivity contribution in [3.63, 3.8) is 0 Å². The summed E-state index contributed by atoms with van der Waals surface area (Å²) in [6.07, 6.45) is 1.67. The lowest BCUT2D eigenvalue weighted by Crippen LogP contribution is -2.09. The Balaban J connectivity index is 2.96. The maximum atomic E-state index is 8.26. The van der Waals surface area contributed by atoms with Crippen molar-refractivity contribution in [2.75, 3.05) is 6.79 Å². The van der Waals surface area contributed by atoms with Gasteiger partial charge in [0, 0.05) is 0 Å². The monoisotopic (exact) mass is 148 g/mol. The molecule has 0 aromatic rings. The van der Waals surface area contributed by atoms with Crippen LogP contribution in [0.2, 0.25) is 0 Å². The van der Waals surface area contributed by atoms with Crippen LogP contribution in [0.25, 0.3) is 0 Å². The van der Waals surface area contributed by atoms with Gasteiger partial charge in [-0.25, -0.2) is 0 Å². The van der Waals surface area contributed by atoms with E-state index in [2.05, 4.69) is 11.0 Å². The Morgan fingerprint density at radius 1 is 1.89 bits per heavy atom. The molecule has 0 radical (unpaired) electrons. The Hall–Kier alpha value is -0.163. The molecule has 1 N–H and O–H groups in total. The summed E-state index contributed by atoms with van der Waals surface area (Å²) in [5, 5.41) is 0. The van der Waals surface area contributed by atoms with Gasteiger partial charge in [0.05, 0.1) is 6.10 Å². The van der Waals surface area contributed by atoms with Gasteiger partial charge in [0.15, 0.2) is 0 Å². The lowest BCUT2D eigenvalue weighted by molar-refractivity contribution is -0.0136. The van der Waals surface area contributed by atoms with Crippen LogP contribution in [-0.2, 0) is 9.16 Å². The molecular formula is C5H12O3Si. The number of hydrogen-bond donors (Lipinski definition) is 1. The molecule has 0 aromatic heterocycles. The predicted octanol–water partition coefficient (Wildman–Crippen LogP) is -0.457. The summed E-state index contributed by atoms with van der Waals surface area (Å²) in [5.74, 6) is 0. The summed E-state index contributed by atoms with van der Waals surface area (Å²) in [5.41, 5.74) is 0. The van der Waals surface area contributed by atoms with Crippen LogP contribution in [0.5, 0.6) is 0 Å². The van der Waals surface area contributed by atoms with Crippen LogP contribution in [0.4, 0.5) is 0 Å². The summed E-state index contributed by atoms with van der Waals surface area (Å²) < 4.78 is 9.60. The predicted molar refractivity (Wildman–Crippen MR) is 37.5 cm³/mol. The van der Waals surface area contributed by atoms with E-state index in [0.717, 1.165) is 0 Å². The normalized spacial score (nSPS) is 14.4. The van der Waals surface area contributed by atoms with Gasteiger partial charge < -0.3 is 14.0 Å². The third-order valence-electron chi connectivity index (χ3n) is 0.837. The van der Waals surface area contributed by atoms with Crippen molar-refractivity contribution >= 4 is 10.0 Å². The fourth-order valence-electron chi connectivity index (χ4n) is 0.261. The average Bonchev–Trinajstić information content (AvgIpc) is 1.89. The molecule has 0 saturated carbocycles. The molecule has 0 aromatic carbocycles. The standard InChI is InChI=1S/C5H12O3Si/c1-3-5(2)7-4-8-9-6/h3,5-6H,1,4,9H2,2H3. The van der Waals surface area contributed by atoms with Crippen LogP contribution in [0.3, 0.4) is 0 Å². The van der Waals surface area contributed by atoms with E-state index >= 15 is 0 Å². The smallest absolute Gasteiger partial charge is 0.303 e. The first-order valence-corrected chi connectivity index (χ1v) is 3.95. The molecule has 0 aliphatic rings. The van der Waals surface area contributed by atoms with E-state index < -0.39 is 10.0 Å². The van der Waals surface area contributed by atoms with Gasteiger partial charge in [-0.1, -0.05) is 6.08 Å². The summed E-state index contributed by atoms with van der Waals surface area (Å²) in [6.45, 7) is 5.54. The second-order valence-corrected chi connectivity index (χ2v) is 2.23. The fraction of sp³-hybridized carbons (Fsp3) is 0.600. The highest BCUT2D eigenvalue weighted by Gasteiger charge is 1.92. The largest absolute Gasteiger partial charge is 0.415 e. The molecule has 0 heterocycles. The molecule has 1 unspecified atom stereocenters. The first-order valence-electron chi connectivity index (χ1n) is 2.74. The van der Waals surface area contributed by atoms with Crippen molar-refractivity contribution < 1.29 is 14.0 Å². The van der Waals surface area contributed by atoms with E-state index in [9.17, 15) is 0 Å². The highest BCUT2D eigenvalue weighted by molar-refractivity contribution is 6.15. The Morgan fingerprint density at radius 2 is 2.56 bits per heavy atom. The van der Waals surface area contributed by atoms with E-state index in [4.69, 9.17) is 9.53 Å². The van der Waals surface area contributed by atoms with Gasteiger partial charge in [-0.05, 0) is 6.92 Å². The van der Waals surface area contributed by atoms with Crippen LogP contribution in [0.1, 0.15) is 6.92 Å². The fourth-order valence-corrected chi connectivity index (χ4v) is 0.432. The van der Waals surface area contributed by atoms with Crippen LogP contribution in [0, 0.1) is 0 Å². The van der Waals surface area contributed by atoms with Gasteiger partial charge in [0.1, 0.15) is 6.79 Å². The Bertz CT molecular complexity index is 76.6. The Morgan fingerprint density at radius 3 is 3.00 bits per heavy atom. The zero-order valence-corrected chi connectivity index (χ0v) is 6.95. The van der Waals surface area contributed by atoms with Gasteiger partial charge >= 0.3 is 10.0 Å². The average molecular weight is 148 g/mol. The summed E-state index contributed by atoms with van der Waals surface area (Å²) in [4.78, 5) is 8.26. The molecule has 0 saturated heterocycles. The molecular weight excluding hydrogens is 136 g/mol. The highest BCUT2D eigenvalue weighted by atomic mass is 28.2. The molecule has 0 bridgehead atoms. The van der Waals surface area contributed by atoms with Crippen molar-refractivity contribution in [1.29, 1.82) is 0 Å². The summed E-state index contributed by atoms with van der Waals surface area (Å²) in [6, 6.07) is 0. The van der Waals surface area contributed by atoms with E-state index in [1.165, 1.54) is 0 Å². The van der Waals surface area contributed by atoms with E-state index in [0.29, 0.717) is 0 Å². The molecule has 54 valence electrons. The SMILES string of the molecule is C=CC(C)OCO[SiH2]O. The minimum Gasteiger partial charge on any atom is -0.415 e. The van der Waals surface area contributed by atoms with Gasteiger partial charge in [-0.2, -0.15) is 0 Å². The lowest BCUT2D eigenvalue weighted by Gasteiger charge is -2.06. The zero-order valence-electron chi connectivity index (χ0n) is 5.54. The molecule has 0 aliphatic carbocycles. The topological polar surface area (TPSA) is 38.7 Å². The quantitative estimate of drug-likeness (QED) is 0.248. The Labute approximate surface area is 57.4 Å². The molecule has 0 fully saturated rings. The van der Waals surface area contributed by atoms with Crippen LogP contribution in [0.15, 0.2) is 12.7 Å². The molecule has 1 atom stereocenters. The first kappa shape index (κ1) is 8.84.